The van der Waals surface area contributed by atoms with E-state index in [0.717, 1.165) is 11.1 Å². The summed E-state index contributed by atoms with van der Waals surface area (Å²) in [5.41, 5.74) is 0.986. The van der Waals surface area contributed by atoms with Gasteiger partial charge in [0.25, 0.3) is 0 Å². The van der Waals surface area contributed by atoms with Crippen LogP contribution in [0.2, 0.25) is 0 Å². The van der Waals surface area contributed by atoms with Gasteiger partial charge in [-0.25, -0.2) is 4.39 Å². The molecule has 33 heavy (non-hydrogen) atoms. The number of rotatable bonds is 5. The maximum Gasteiger partial charge on any atom is 0.573 e. The van der Waals surface area contributed by atoms with Gasteiger partial charge in [0, 0.05) is 45.9 Å². The SMILES string of the molecule is O=C(N1CCN(Cc2ccc(OC(F)(F)F)cc2)CC1)C1(c2ccc(F)cc2)CCOCC1. The van der Waals surface area contributed by atoms with Gasteiger partial charge in [-0.05, 0) is 48.2 Å². The van der Waals surface area contributed by atoms with E-state index in [1.165, 1.54) is 24.3 Å². The Bertz CT molecular complexity index is 934. The van der Waals surface area contributed by atoms with Crippen molar-refractivity contribution in [3.8, 4) is 5.75 Å². The summed E-state index contributed by atoms with van der Waals surface area (Å²) in [7, 11) is 0. The topological polar surface area (TPSA) is 42.0 Å². The molecule has 178 valence electrons. The summed E-state index contributed by atoms with van der Waals surface area (Å²) in [4.78, 5) is 17.7. The van der Waals surface area contributed by atoms with Crippen LogP contribution in [0, 0.1) is 5.82 Å². The molecule has 0 radical (unpaired) electrons. The number of nitrogens with zero attached hydrogens (tertiary/aromatic N) is 2. The number of alkyl halides is 3. The normalized spacial score (nSPS) is 19.3. The molecule has 2 heterocycles. The molecule has 0 bridgehead atoms. The van der Waals surface area contributed by atoms with E-state index in [4.69, 9.17) is 4.74 Å². The van der Waals surface area contributed by atoms with Crippen LogP contribution in [-0.2, 0) is 21.5 Å². The predicted octanol–water partition coefficient (Wildman–Crippen LogP) is 4.12. The molecule has 4 rings (SSSR count). The van der Waals surface area contributed by atoms with Gasteiger partial charge in [-0.1, -0.05) is 24.3 Å². The number of hydrogen-bond donors (Lipinski definition) is 0. The average Bonchev–Trinajstić information content (AvgIpc) is 2.80. The molecule has 0 aliphatic carbocycles. The van der Waals surface area contributed by atoms with Crippen LogP contribution in [0.5, 0.6) is 5.75 Å². The molecule has 0 atom stereocenters. The van der Waals surface area contributed by atoms with Gasteiger partial charge in [0.05, 0.1) is 5.41 Å². The molecule has 9 heteroatoms. The van der Waals surface area contributed by atoms with E-state index in [1.807, 2.05) is 4.90 Å². The van der Waals surface area contributed by atoms with E-state index in [-0.39, 0.29) is 17.5 Å². The fraction of sp³-hybridized carbons (Fsp3) is 0.458. The highest BCUT2D eigenvalue weighted by molar-refractivity contribution is 5.88. The van der Waals surface area contributed by atoms with Crippen molar-refractivity contribution in [3.05, 3.63) is 65.5 Å². The Morgan fingerprint density at radius 3 is 2.12 bits per heavy atom. The predicted molar refractivity (Wildman–Crippen MR) is 113 cm³/mol. The lowest BCUT2D eigenvalue weighted by atomic mass is 9.73. The molecule has 0 spiro atoms. The Hall–Kier alpha value is -2.65. The lowest BCUT2D eigenvalue weighted by Crippen LogP contribution is -2.55. The van der Waals surface area contributed by atoms with E-state index >= 15 is 0 Å². The highest BCUT2D eigenvalue weighted by Gasteiger charge is 2.44. The first-order valence-electron chi connectivity index (χ1n) is 11.0. The number of benzene rings is 2. The van der Waals surface area contributed by atoms with Crippen LogP contribution >= 0.6 is 0 Å². The van der Waals surface area contributed by atoms with Gasteiger partial charge in [-0.2, -0.15) is 0 Å². The van der Waals surface area contributed by atoms with Crippen LogP contribution < -0.4 is 4.74 Å². The average molecular weight is 466 g/mol. The molecule has 5 nitrogen and oxygen atoms in total. The summed E-state index contributed by atoms with van der Waals surface area (Å²) < 4.78 is 59.8. The highest BCUT2D eigenvalue weighted by atomic mass is 19.4. The second kappa shape index (κ2) is 9.69. The van der Waals surface area contributed by atoms with Crippen LogP contribution in [0.4, 0.5) is 17.6 Å². The summed E-state index contributed by atoms with van der Waals surface area (Å²) in [6.45, 7) is 3.96. The first-order chi connectivity index (χ1) is 15.7. The number of halogens is 4. The summed E-state index contributed by atoms with van der Waals surface area (Å²) >= 11 is 0. The number of ether oxygens (including phenoxy) is 2. The van der Waals surface area contributed by atoms with Gasteiger partial charge in [-0.3, -0.25) is 9.69 Å². The zero-order chi connectivity index (χ0) is 23.5. The van der Waals surface area contributed by atoms with Crippen LogP contribution in [0.3, 0.4) is 0 Å². The van der Waals surface area contributed by atoms with Crippen LogP contribution in [-0.4, -0.2) is 61.5 Å². The zero-order valence-corrected chi connectivity index (χ0v) is 18.1. The maximum atomic E-state index is 13.6. The lowest BCUT2D eigenvalue weighted by Gasteiger charge is -2.43. The van der Waals surface area contributed by atoms with E-state index in [0.29, 0.717) is 58.8 Å². The number of carbonyl (C=O) groups is 1. The van der Waals surface area contributed by atoms with Gasteiger partial charge in [0.15, 0.2) is 0 Å². The molecule has 0 unspecified atom stereocenters. The molecular formula is C24H26F4N2O3. The molecular weight excluding hydrogens is 440 g/mol. The summed E-state index contributed by atoms with van der Waals surface area (Å²) in [6.07, 6.45) is -3.59. The van der Waals surface area contributed by atoms with Crippen molar-refractivity contribution < 1.29 is 31.8 Å². The van der Waals surface area contributed by atoms with Gasteiger partial charge >= 0.3 is 6.36 Å². The number of carbonyl (C=O) groups excluding carboxylic acids is 1. The van der Waals surface area contributed by atoms with E-state index in [2.05, 4.69) is 9.64 Å². The van der Waals surface area contributed by atoms with Crippen LogP contribution in [0.15, 0.2) is 48.5 Å². The maximum absolute atomic E-state index is 13.6. The van der Waals surface area contributed by atoms with E-state index in [9.17, 15) is 22.4 Å². The Labute approximate surface area is 189 Å². The molecule has 1 amide bonds. The largest absolute Gasteiger partial charge is 0.573 e. The number of amides is 1. The summed E-state index contributed by atoms with van der Waals surface area (Å²) in [5, 5.41) is 0. The van der Waals surface area contributed by atoms with Gasteiger partial charge in [-0.15, -0.1) is 13.2 Å². The third-order valence-corrected chi connectivity index (χ3v) is 6.38. The standard InChI is InChI=1S/C24H26F4N2O3/c25-20-5-3-19(4-6-20)23(9-15-32-16-10-23)22(31)30-13-11-29(12-14-30)17-18-1-7-21(8-2-18)33-24(26,27)28/h1-8H,9-17H2. The van der Waals surface area contributed by atoms with Crippen molar-refractivity contribution in [2.45, 2.75) is 31.2 Å². The number of hydrogen-bond acceptors (Lipinski definition) is 4. The van der Waals surface area contributed by atoms with Crippen LogP contribution in [0.25, 0.3) is 0 Å². The Kier molecular flexibility index (Phi) is 6.90. The quantitative estimate of drug-likeness (QED) is 0.622. The molecule has 2 aromatic carbocycles. The smallest absolute Gasteiger partial charge is 0.406 e. The molecule has 2 aliphatic rings. The summed E-state index contributed by atoms with van der Waals surface area (Å²) in [5.74, 6) is -0.532. The Balaban J connectivity index is 1.37. The second-order valence-electron chi connectivity index (χ2n) is 8.46. The molecule has 0 aromatic heterocycles. The van der Waals surface area contributed by atoms with Crippen molar-refractivity contribution in [3.63, 3.8) is 0 Å². The van der Waals surface area contributed by atoms with Crippen molar-refractivity contribution in [1.29, 1.82) is 0 Å². The van der Waals surface area contributed by atoms with Crippen molar-refractivity contribution in [2.75, 3.05) is 39.4 Å². The third-order valence-electron chi connectivity index (χ3n) is 6.38. The second-order valence-corrected chi connectivity index (χ2v) is 8.46. The fourth-order valence-electron chi connectivity index (χ4n) is 4.58. The Morgan fingerprint density at radius 1 is 0.939 bits per heavy atom. The molecule has 2 saturated heterocycles. The van der Waals surface area contributed by atoms with Crippen molar-refractivity contribution in [2.24, 2.45) is 0 Å². The first-order valence-corrected chi connectivity index (χ1v) is 11.0. The highest BCUT2D eigenvalue weighted by Crippen LogP contribution is 2.37. The fourth-order valence-corrected chi connectivity index (χ4v) is 4.58. The third kappa shape index (κ3) is 5.65. The summed E-state index contributed by atoms with van der Waals surface area (Å²) in [6, 6.07) is 12.0. The molecule has 0 saturated carbocycles. The molecule has 2 fully saturated rings. The van der Waals surface area contributed by atoms with Gasteiger partial charge < -0.3 is 14.4 Å². The van der Waals surface area contributed by atoms with Gasteiger partial charge in [0.2, 0.25) is 5.91 Å². The van der Waals surface area contributed by atoms with Crippen LogP contribution in [0.1, 0.15) is 24.0 Å². The monoisotopic (exact) mass is 466 g/mol. The lowest BCUT2D eigenvalue weighted by molar-refractivity contribution is -0.274. The van der Waals surface area contributed by atoms with Gasteiger partial charge in [0.1, 0.15) is 11.6 Å². The molecule has 0 N–H and O–H groups in total. The number of piperazine rings is 1. The van der Waals surface area contributed by atoms with E-state index < -0.39 is 11.8 Å². The van der Waals surface area contributed by atoms with E-state index in [1.54, 1.807) is 24.3 Å². The minimum absolute atomic E-state index is 0.0470. The first kappa shape index (κ1) is 23.5. The minimum Gasteiger partial charge on any atom is -0.406 e. The minimum atomic E-state index is -4.71. The van der Waals surface area contributed by atoms with Crippen molar-refractivity contribution >= 4 is 5.91 Å². The van der Waals surface area contributed by atoms with Crippen molar-refractivity contribution in [1.82, 2.24) is 9.80 Å². The molecule has 2 aliphatic heterocycles. The molecule has 2 aromatic rings. The zero-order valence-electron chi connectivity index (χ0n) is 18.1. The Morgan fingerprint density at radius 2 is 1.55 bits per heavy atom.